The number of Topliss-reactive ketones (excluding diaryl/α,β-unsaturated/α-hetero) is 1. The second-order valence-corrected chi connectivity index (χ2v) is 2.88. The Morgan fingerprint density at radius 2 is 1.85 bits per heavy atom. The van der Waals surface area contributed by atoms with Gasteiger partial charge in [0.2, 0.25) is 5.78 Å². The largest absolute Gasteiger partial charge is 0.411 e. The van der Waals surface area contributed by atoms with Crippen LogP contribution < -0.4 is 0 Å². The van der Waals surface area contributed by atoms with Gasteiger partial charge in [0.25, 0.3) is 0 Å². The summed E-state index contributed by atoms with van der Waals surface area (Å²) in [4.78, 5) is 11.4. The van der Waals surface area contributed by atoms with Gasteiger partial charge < -0.3 is 5.21 Å². The van der Waals surface area contributed by atoms with E-state index in [4.69, 9.17) is 5.21 Å². The zero-order chi connectivity index (χ0) is 9.84. The van der Waals surface area contributed by atoms with Gasteiger partial charge >= 0.3 is 0 Å². The molecule has 1 aromatic rings. The molecule has 1 aromatic carbocycles. The average molecular weight is 177 g/mol. The summed E-state index contributed by atoms with van der Waals surface area (Å²) in [5.74, 6) is -0.248. The Labute approximate surface area is 76.7 Å². The number of oxime groups is 1. The zero-order valence-electron chi connectivity index (χ0n) is 7.61. The fraction of sp³-hybridized carbons (Fsp3) is 0.200. The number of hydrogen-bond acceptors (Lipinski definition) is 3. The number of carbonyl (C=O) groups excluding carboxylic acids is 1. The van der Waals surface area contributed by atoms with Gasteiger partial charge in [-0.25, -0.2) is 0 Å². The van der Waals surface area contributed by atoms with E-state index in [9.17, 15) is 4.79 Å². The van der Waals surface area contributed by atoms with Crippen molar-refractivity contribution in [3.8, 4) is 0 Å². The monoisotopic (exact) mass is 177 g/mol. The average Bonchev–Trinajstić information content (AvgIpc) is 2.17. The first kappa shape index (κ1) is 9.45. The summed E-state index contributed by atoms with van der Waals surface area (Å²) in [6, 6.07) is 7.12. The van der Waals surface area contributed by atoms with Crippen LogP contribution in [0.4, 0.5) is 0 Å². The van der Waals surface area contributed by atoms with Crippen LogP contribution in [0.3, 0.4) is 0 Å². The van der Waals surface area contributed by atoms with Crippen LogP contribution in [0.2, 0.25) is 0 Å². The molecule has 1 N–H and O–H groups in total. The van der Waals surface area contributed by atoms with Gasteiger partial charge in [-0.3, -0.25) is 4.79 Å². The molecule has 1 rings (SSSR count). The predicted molar refractivity (Wildman–Crippen MR) is 50.4 cm³/mol. The van der Waals surface area contributed by atoms with Gasteiger partial charge in [-0.2, -0.15) is 0 Å². The highest BCUT2D eigenvalue weighted by molar-refractivity contribution is 6.45. The number of hydrogen-bond donors (Lipinski definition) is 1. The van der Waals surface area contributed by atoms with Gasteiger partial charge in [0.05, 0.1) is 0 Å². The quantitative estimate of drug-likeness (QED) is 0.325. The molecule has 0 atom stereocenters. The predicted octanol–water partition coefficient (Wildman–Crippen LogP) is 2.03. The fourth-order valence-electron chi connectivity index (χ4n) is 0.959. The fourth-order valence-corrected chi connectivity index (χ4v) is 0.959. The topological polar surface area (TPSA) is 49.7 Å². The molecular weight excluding hydrogens is 166 g/mol. The van der Waals surface area contributed by atoms with E-state index < -0.39 is 0 Å². The first-order valence-electron chi connectivity index (χ1n) is 3.95. The van der Waals surface area contributed by atoms with Crippen molar-refractivity contribution in [1.82, 2.24) is 0 Å². The van der Waals surface area contributed by atoms with Gasteiger partial charge in [-0.1, -0.05) is 35.0 Å². The van der Waals surface area contributed by atoms with Gasteiger partial charge in [0.1, 0.15) is 5.71 Å². The lowest BCUT2D eigenvalue weighted by atomic mass is 10.1. The minimum absolute atomic E-state index is 0.101. The minimum Gasteiger partial charge on any atom is -0.411 e. The Kier molecular flexibility index (Phi) is 2.80. The third-order valence-corrected chi connectivity index (χ3v) is 1.79. The van der Waals surface area contributed by atoms with Crippen molar-refractivity contribution in [1.29, 1.82) is 0 Å². The molecule has 68 valence electrons. The molecule has 0 unspecified atom stereocenters. The first-order valence-corrected chi connectivity index (χ1v) is 3.95. The molecule has 0 bridgehead atoms. The second-order valence-electron chi connectivity index (χ2n) is 2.88. The molecule has 0 saturated carbocycles. The van der Waals surface area contributed by atoms with Crippen LogP contribution in [0, 0.1) is 6.92 Å². The van der Waals surface area contributed by atoms with E-state index in [-0.39, 0.29) is 11.5 Å². The molecule has 0 fully saturated rings. The van der Waals surface area contributed by atoms with Crippen molar-refractivity contribution in [3.05, 3.63) is 35.4 Å². The number of carbonyl (C=O) groups is 1. The maximum absolute atomic E-state index is 11.4. The summed E-state index contributed by atoms with van der Waals surface area (Å²) in [5, 5.41) is 11.2. The Morgan fingerprint density at radius 1 is 1.31 bits per heavy atom. The maximum atomic E-state index is 11.4. The molecule has 0 amide bonds. The minimum atomic E-state index is -0.248. The van der Waals surface area contributed by atoms with Gasteiger partial charge in [0.15, 0.2) is 0 Å². The lowest BCUT2D eigenvalue weighted by Gasteiger charge is -1.98. The molecular formula is C10H11NO2. The molecule has 13 heavy (non-hydrogen) atoms. The molecule has 0 spiro atoms. The van der Waals surface area contributed by atoms with Crippen molar-refractivity contribution in [2.75, 3.05) is 0 Å². The molecule has 0 radical (unpaired) electrons. The SMILES string of the molecule is C/C(=N\O)C(=O)c1ccc(C)cc1. The van der Waals surface area contributed by atoms with Gasteiger partial charge in [-0.05, 0) is 13.8 Å². The van der Waals surface area contributed by atoms with Crippen LogP contribution in [0.15, 0.2) is 29.4 Å². The van der Waals surface area contributed by atoms with Crippen LogP contribution in [0.1, 0.15) is 22.8 Å². The molecule has 3 heteroatoms. The standard InChI is InChI=1S/C10H11NO2/c1-7-3-5-9(6-4-7)10(12)8(2)11-13/h3-6,13H,1-2H3/b11-8+. The Morgan fingerprint density at radius 3 is 2.31 bits per heavy atom. The molecule has 0 saturated heterocycles. The molecule has 0 aliphatic rings. The van der Waals surface area contributed by atoms with Crippen molar-refractivity contribution >= 4 is 11.5 Å². The van der Waals surface area contributed by atoms with E-state index in [1.807, 2.05) is 19.1 Å². The Hall–Kier alpha value is -1.64. The first-order chi connectivity index (χ1) is 6.15. The third-order valence-electron chi connectivity index (χ3n) is 1.79. The highest BCUT2D eigenvalue weighted by Crippen LogP contribution is 2.04. The van der Waals surface area contributed by atoms with E-state index in [1.54, 1.807) is 12.1 Å². The van der Waals surface area contributed by atoms with E-state index in [2.05, 4.69) is 5.16 Å². The summed E-state index contributed by atoms with van der Waals surface area (Å²) in [6.07, 6.45) is 0. The van der Waals surface area contributed by atoms with Crippen LogP contribution in [-0.4, -0.2) is 16.7 Å². The number of benzene rings is 1. The molecule has 0 heterocycles. The van der Waals surface area contributed by atoms with E-state index >= 15 is 0 Å². The highest BCUT2D eigenvalue weighted by atomic mass is 16.4. The van der Waals surface area contributed by atoms with Crippen molar-refractivity contribution < 1.29 is 10.0 Å². The molecule has 0 aromatic heterocycles. The number of aryl methyl sites for hydroxylation is 1. The highest BCUT2D eigenvalue weighted by Gasteiger charge is 2.08. The maximum Gasteiger partial charge on any atom is 0.210 e. The van der Waals surface area contributed by atoms with Crippen LogP contribution in [0.5, 0.6) is 0 Å². The summed E-state index contributed by atoms with van der Waals surface area (Å²) >= 11 is 0. The second kappa shape index (κ2) is 3.85. The summed E-state index contributed by atoms with van der Waals surface area (Å²) in [7, 11) is 0. The Bertz CT molecular complexity index is 338. The third kappa shape index (κ3) is 2.15. The van der Waals surface area contributed by atoms with Crippen molar-refractivity contribution in [3.63, 3.8) is 0 Å². The smallest absolute Gasteiger partial charge is 0.210 e. The van der Waals surface area contributed by atoms with E-state index in [1.165, 1.54) is 6.92 Å². The molecule has 3 nitrogen and oxygen atoms in total. The number of ketones is 1. The van der Waals surface area contributed by atoms with Gasteiger partial charge in [0, 0.05) is 5.56 Å². The Balaban J connectivity index is 2.97. The van der Waals surface area contributed by atoms with E-state index in [0.29, 0.717) is 5.56 Å². The summed E-state index contributed by atoms with van der Waals surface area (Å²) in [6.45, 7) is 3.42. The van der Waals surface area contributed by atoms with Crippen LogP contribution >= 0.6 is 0 Å². The molecule has 0 aliphatic heterocycles. The summed E-state index contributed by atoms with van der Waals surface area (Å²) in [5.41, 5.74) is 1.74. The van der Waals surface area contributed by atoms with E-state index in [0.717, 1.165) is 5.56 Å². The van der Waals surface area contributed by atoms with Crippen LogP contribution in [0.25, 0.3) is 0 Å². The van der Waals surface area contributed by atoms with Crippen molar-refractivity contribution in [2.24, 2.45) is 5.16 Å². The van der Waals surface area contributed by atoms with Crippen molar-refractivity contribution in [2.45, 2.75) is 13.8 Å². The zero-order valence-corrected chi connectivity index (χ0v) is 7.61. The van der Waals surface area contributed by atoms with Crippen LogP contribution in [-0.2, 0) is 0 Å². The summed E-state index contributed by atoms with van der Waals surface area (Å²) < 4.78 is 0. The van der Waals surface area contributed by atoms with Gasteiger partial charge in [-0.15, -0.1) is 0 Å². The number of rotatable bonds is 2. The number of nitrogens with zero attached hydrogens (tertiary/aromatic N) is 1. The normalized spacial score (nSPS) is 11.4. The molecule has 0 aliphatic carbocycles. The lowest BCUT2D eigenvalue weighted by molar-refractivity contribution is 0.106. The lowest BCUT2D eigenvalue weighted by Crippen LogP contribution is -2.10.